The lowest BCUT2D eigenvalue weighted by Gasteiger charge is -2.06. The van der Waals surface area contributed by atoms with E-state index in [1.165, 1.54) is 30.3 Å². The second-order valence-electron chi connectivity index (χ2n) is 4.23. The maximum Gasteiger partial charge on any atom is 0.266 e. The highest BCUT2D eigenvalue weighted by Crippen LogP contribution is 2.22. The fourth-order valence-electron chi connectivity index (χ4n) is 1.65. The molecular weight excluding hydrogens is 268 g/mol. The molecule has 0 atom stereocenters. The number of nitrogens with zero attached hydrogens (tertiary/aromatic N) is 1. The molecule has 3 N–H and O–H groups in total. The van der Waals surface area contributed by atoms with Crippen molar-refractivity contribution < 1.29 is 15.0 Å². The molecular formula is C16H12N2O3. The van der Waals surface area contributed by atoms with Gasteiger partial charge in [-0.1, -0.05) is 24.3 Å². The van der Waals surface area contributed by atoms with E-state index >= 15 is 0 Å². The smallest absolute Gasteiger partial charge is 0.266 e. The number of nitrogens with one attached hydrogen (secondary N) is 1. The van der Waals surface area contributed by atoms with Crippen LogP contribution in [0, 0.1) is 11.3 Å². The minimum Gasteiger partial charge on any atom is -0.508 e. The standard InChI is InChI=1S/C16H12N2O3/c17-10-12(9-11-5-7-13(19)8-6-11)16(21)18-14-3-1-2-4-15(14)20/h1-9,19-20H,(H,18,21)/b12-9+. The van der Waals surface area contributed by atoms with Gasteiger partial charge in [-0.3, -0.25) is 4.79 Å². The first-order valence-electron chi connectivity index (χ1n) is 6.10. The second-order valence-corrected chi connectivity index (χ2v) is 4.23. The Morgan fingerprint density at radius 1 is 1.10 bits per heavy atom. The Morgan fingerprint density at radius 3 is 2.38 bits per heavy atom. The zero-order chi connectivity index (χ0) is 15.2. The van der Waals surface area contributed by atoms with Crippen molar-refractivity contribution in [3.8, 4) is 17.6 Å². The van der Waals surface area contributed by atoms with Crippen molar-refractivity contribution in [2.45, 2.75) is 0 Å². The summed E-state index contributed by atoms with van der Waals surface area (Å²) in [7, 11) is 0. The first-order chi connectivity index (χ1) is 10.1. The quantitative estimate of drug-likeness (QED) is 0.457. The van der Waals surface area contributed by atoms with Gasteiger partial charge in [0.1, 0.15) is 23.1 Å². The summed E-state index contributed by atoms with van der Waals surface area (Å²) in [4.78, 5) is 12.0. The molecule has 5 nitrogen and oxygen atoms in total. The highest BCUT2D eigenvalue weighted by Gasteiger charge is 2.11. The zero-order valence-electron chi connectivity index (χ0n) is 10.9. The van der Waals surface area contributed by atoms with Gasteiger partial charge in [0.2, 0.25) is 0 Å². The highest BCUT2D eigenvalue weighted by atomic mass is 16.3. The fourth-order valence-corrected chi connectivity index (χ4v) is 1.65. The summed E-state index contributed by atoms with van der Waals surface area (Å²) in [6, 6.07) is 14.1. The fraction of sp³-hybridized carbons (Fsp3) is 0. The molecule has 0 spiro atoms. The molecule has 0 aromatic heterocycles. The lowest BCUT2D eigenvalue weighted by Crippen LogP contribution is -2.13. The number of phenols is 2. The molecule has 21 heavy (non-hydrogen) atoms. The molecule has 0 heterocycles. The molecule has 0 radical (unpaired) electrons. The van der Waals surface area contributed by atoms with E-state index in [9.17, 15) is 15.0 Å². The van der Waals surface area contributed by atoms with Crippen LogP contribution in [0.5, 0.6) is 11.5 Å². The molecule has 1 amide bonds. The van der Waals surface area contributed by atoms with E-state index in [0.717, 1.165) is 0 Å². The minimum absolute atomic E-state index is 0.0761. The van der Waals surface area contributed by atoms with Crippen LogP contribution >= 0.6 is 0 Å². The van der Waals surface area contributed by atoms with Crippen LogP contribution in [-0.2, 0) is 4.79 Å². The number of amides is 1. The van der Waals surface area contributed by atoms with Crippen LogP contribution < -0.4 is 5.32 Å². The molecule has 0 aliphatic carbocycles. The van der Waals surface area contributed by atoms with Gasteiger partial charge in [-0.2, -0.15) is 5.26 Å². The highest BCUT2D eigenvalue weighted by molar-refractivity contribution is 6.10. The SMILES string of the molecule is N#C/C(=C\c1ccc(O)cc1)C(=O)Nc1ccccc1O. The van der Waals surface area contributed by atoms with E-state index in [0.29, 0.717) is 5.56 Å². The van der Waals surface area contributed by atoms with Crippen molar-refractivity contribution in [1.82, 2.24) is 0 Å². The largest absolute Gasteiger partial charge is 0.508 e. The van der Waals surface area contributed by atoms with Crippen LogP contribution in [0.15, 0.2) is 54.1 Å². The van der Waals surface area contributed by atoms with E-state index in [4.69, 9.17) is 5.26 Å². The third-order valence-electron chi connectivity index (χ3n) is 2.72. The second kappa shape index (κ2) is 6.26. The van der Waals surface area contributed by atoms with Crippen molar-refractivity contribution in [3.63, 3.8) is 0 Å². The van der Waals surface area contributed by atoms with Gasteiger partial charge < -0.3 is 15.5 Å². The maximum absolute atomic E-state index is 12.0. The number of aromatic hydroxyl groups is 2. The summed E-state index contributed by atoms with van der Waals surface area (Å²) in [5.41, 5.74) is 0.732. The molecule has 0 fully saturated rings. The van der Waals surface area contributed by atoms with E-state index in [1.54, 1.807) is 24.3 Å². The summed E-state index contributed by atoms with van der Waals surface area (Å²) >= 11 is 0. The van der Waals surface area contributed by atoms with Crippen LogP contribution in [0.3, 0.4) is 0 Å². The lowest BCUT2D eigenvalue weighted by molar-refractivity contribution is -0.112. The number of carbonyl (C=O) groups is 1. The first-order valence-corrected chi connectivity index (χ1v) is 6.10. The van der Waals surface area contributed by atoms with Crippen LogP contribution in [0.25, 0.3) is 6.08 Å². The number of hydrogen-bond acceptors (Lipinski definition) is 4. The number of phenolic OH excluding ortho intramolecular Hbond substituents is 2. The van der Waals surface area contributed by atoms with Gasteiger partial charge in [0.15, 0.2) is 0 Å². The number of nitriles is 1. The van der Waals surface area contributed by atoms with Crippen molar-refractivity contribution in [1.29, 1.82) is 5.26 Å². The van der Waals surface area contributed by atoms with Gasteiger partial charge in [-0.15, -0.1) is 0 Å². The summed E-state index contributed by atoms with van der Waals surface area (Å²) in [6.45, 7) is 0. The Labute approximate surface area is 121 Å². The molecule has 0 unspecified atom stereocenters. The number of carbonyl (C=O) groups excluding carboxylic acids is 1. The van der Waals surface area contributed by atoms with Gasteiger partial charge >= 0.3 is 0 Å². The molecule has 0 saturated heterocycles. The summed E-state index contributed by atoms with van der Waals surface area (Å²) in [5, 5.41) is 30.3. The zero-order valence-corrected chi connectivity index (χ0v) is 10.9. The minimum atomic E-state index is -0.618. The number of para-hydroxylation sites is 2. The molecule has 0 aliphatic rings. The topological polar surface area (TPSA) is 93.3 Å². The Bertz CT molecular complexity index is 728. The lowest BCUT2D eigenvalue weighted by atomic mass is 10.1. The maximum atomic E-state index is 12.0. The van der Waals surface area contributed by atoms with Crippen molar-refractivity contribution in [3.05, 3.63) is 59.7 Å². The molecule has 0 bridgehead atoms. The Hall–Kier alpha value is -3.26. The van der Waals surface area contributed by atoms with Crippen LogP contribution in [-0.4, -0.2) is 16.1 Å². The van der Waals surface area contributed by atoms with Gasteiger partial charge in [0, 0.05) is 0 Å². The number of anilines is 1. The molecule has 0 aliphatic heterocycles. The third-order valence-corrected chi connectivity index (χ3v) is 2.72. The normalized spacial score (nSPS) is 10.7. The molecule has 2 aromatic carbocycles. The van der Waals surface area contributed by atoms with E-state index in [-0.39, 0.29) is 22.8 Å². The van der Waals surface area contributed by atoms with Gasteiger partial charge in [0.05, 0.1) is 5.69 Å². The van der Waals surface area contributed by atoms with Gasteiger partial charge in [0.25, 0.3) is 5.91 Å². The molecule has 2 aromatic rings. The summed E-state index contributed by atoms with van der Waals surface area (Å²) < 4.78 is 0. The van der Waals surface area contributed by atoms with Gasteiger partial charge in [-0.25, -0.2) is 0 Å². The predicted octanol–water partition coefficient (Wildman–Crippen LogP) is 2.64. The molecule has 5 heteroatoms. The summed E-state index contributed by atoms with van der Waals surface area (Å²) in [6.07, 6.45) is 1.40. The van der Waals surface area contributed by atoms with Crippen LogP contribution in [0.1, 0.15) is 5.56 Å². The molecule has 0 saturated carbocycles. The van der Waals surface area contributed by atoms with E-state index < -0.39 is 5.91 Å². The predicted molar refractivity (Wildman–Crippen MR) is 78.4 cm³/mol. The third kappa shape index (κ3) is 3.61. The number of rotatable bonds is 3. The average molecular weight is 280 g/mol. The van der Waals surface area contributed by atoms with Crippen molar-refractivity contribution in [2.75, 3.05) is 5.32 Å². The monoisotopic (exact) mass is 280 g/mol. The summed E-state index contributed by atoms with van der Waals surface area (Å²) in [5.74, 6) is -0.593. The first kappa shape index (κ1) is 14.2. The van der Waals surface area contributed by atoms with Crippen molar-refractivity contribution in [2.24, 2.45) is 0 Å². The van der Waals surface area contributed by atoms with Crippen LogP contribution in [0.2, 0.25) is 0 Å². The van der Waals surface area contributed by atoms with Gasteiger partial charge in [-0.05, 0) is 35.9 Å². The Morgan fingerprint density at radius 2 is 1.76 bits per heavy atom. The Kier molecular flexibility index (Phi) is 4.22. The van der Waals surface area contributed by atoms with E-state index in [1.807, 2.05) is 6.07 Å². The number of hydrogen-bond donors (Lipinski definition) is 3. The molecule has 2 rings (SSSR count). The molecule has 104 valence electrons. The van der Waals surface area contributed by atoms with Crippen LogP contribution in [0.4, 0.5) is 5.69 Å². The van der Waals surface area contributed by atoms with E-state index in [2.05, 4.69) is 5.32 Å². The average Bonchev–Trinajstić information content (AvgIpc) is 2.49. The Balaban J connectivity index is 2.21. The van der Waals surface area contributed by atoms with Crippen molar-refractivity contribution >= 4 is 17.7 Å². The number of benzene rings is 2.